The lowest BCUT2D eigenvalue weighted by molar-refractivity contribution is -0.125. The lowest BCUT2D eigenvalue weighted by Crippen LogP contribution is -2.41. The highest BCUT2D eigenvalue weighted by Gasteiger charge is 2.20. The summed E-state index contributed by atoms with van der Waals surface area (Å²) in [7, 11) is 0. The molecule has 0 saturated carbocycles. The van der Waals surface area contributed by atoms with Gasteiger partial charge in [0.05, 0.1) is 16.6 Å². The molecule has 2 aromatic rings. The van der Waals surface area contributed by atoms with Crippen LogP contribution in [0.2, 0.25) is 0 Å². The van der Waals surface area contributed by atoms with Gasteiger partial charge < -0.3 is 10.6 Å². The van der Waals surface area contributed by atoms with E-state index in [1.54, 1.807) is 11.3 Å². The van der Waals surface area contributed by atoms with Crippen molar-refractivity contribution in [3.8, 4) is 11.3 Å². The molecule has 4 nitrogen and oxygen atoms in total. The number of aryl methyl sites for hydroxylation is 1. The van der Waals surface area contributed by atoms with Gasteiger partial charge in [0, 0.05) is 24.0 Å². The topological polar surface area (TPSA) is 54.0 Å². The van der Waals surface area contributed by atoms with Crippen molar-refractivity contribution in [3.05, 3.63) is 40.2 Å². The molecule has 1 saturated heterocycles. The molecule has 1 aliphatic heterocycles. The number of piperidine rings is 1. The zero-order valence-corrected chi connectivity index (χ0v) is 14.3. The van der Waals surface area contributed by atoms with Crippen LogP contribution in [0.4, 0.5) is 0 Å². The largest absolute Gasteiger partial charge is 0.355 e. The average Bonchev–Trinajstić information content (AvgIpc) is 3.03. The van der Waals surface area contributed by atoms with Gasteiger partial charge in [0.25, 0.3) is 0 Å². The second kappa shape index (κ2) is 7.70. The third-order valence-corrected chi connectivity index (χ3v) is 5.02. The second-order valence-electron chi connectivity index (χ2n) is 6.03. The molecule has 1 aromatic carbocycles. The van der Waals surface area contributed by atoms with Gasteiger partial charge in [-0.2, -0.15) is 0 Å². The molecule has 1 atom stereocenters. The lowest BCUT2D eigenvalue weighted by Gasteiger charge is -2.21. The fourth-order valence-electron chi connectivity index (χ4n) is 2.89. The molecule has 1 amide bonds. The first-order chi connectivity index (χ1) is 11.2. The first-order valence-corrected chi connectivity index (χ1v) is 9.10. The maximum atomic E-state index is 12.1. The van der Waals surface area contributed by atoms with Gasteiger partial charge in [-0.3, -0.25) is 4.79 Å². The number of hydrogen-bond donors (Lipinski definition) is 2. The fourth-order valence-corrected chi connectivity index (χ4v) is 3.51. The minimum Gasteiger partial charge on any atom is -0.355 e. The Kier molecular flexibility index (Phi) is 5.41. The quantitative estimate of drug-likeness (QED) is 0.887. The van der Waals surface area contributed by atoms with Gasteiger partial charge in [-0.05, 0) is 38.3 Å². The molecule has 0 bridgehead atoms. The van der Waals surface area contributed by atoms with Crippen LogP contribution in [0, 0.1) is 12.8 Å². The Labute approximate surface area is 141 Å². The summed E-state index contributed by atoms with van der Waals surface area (Å²) in [6, 6.07) is 8.46. The van der Waals surface area contributed by atoms with Crippen LogP contribution in [0.15, 0.2) is 29.6 Å². The van der Waals surface area contributed by atoms with Crippen molar-refractivity contribution in [2.24, 2.45) is 5.92 Å². The zero-order valence-electron chi connectivity index (χ0n) is 13.5. The molecule has 5 heteroatoms. The Hall–Kier alpha value is -1.72. The van der Waals surface area contributed by atoms with Crippen LogP contribution in [-0.4, -0.2) is 30.5 Å². The van der Waals surface area contributed by atoms with Crippen LogP contribution in [0.3, 0.4) is 0 Å². The standard InChI is InChI=1S/C18H23N3OS/c1-13-21-17(12-23-13)15-6-4-14(5-7-15)8-10-20-18(22)16-3-2-9-19-11-16/h4-7,12,16,19H,2-3,8-11H2,1H3,(H,20,22). The smallest absolute Gasteiger partial charge is 0.224 e. The molecule has 0 aliphatic carbocycles. The van der Waals surface area contributed by atoms with E-state index in [2.05, 4.69) is 45.3 Å². The molecule has 23 heavy (non-hydrogen) atoms. The molecule has 1 aliphatic rings. The van der Waals surface area contributed by atoms with Gasteiger partial charge in [-0.15, -0.1) is 11.3 Å². The summed E-state index contributed by atoms with van der Waals surface area (Å²) in [5.74, 6) is 0.325. The van der Waals surface area contributed by atoms with Crippen LogP contribution in [0.5, 0.6) is 0 Å². The molecular formula is C18H23N3OS. The Morgan fingerprint density at radius 2 is 2.22 bits per heavy atom. The third kappa shape index (κ3) is 4.39. The van der Waals surface area contributed by atoms with Crippen LogP contribution in [-0.2, 0) is 11.2 Å². The van der Waals surface area contributed by atoms with E-state index in [0.717, 1.165) is 48.6 Å². The zero-order chi connectivity index (χ0) is 16.1. The maximum Gasteiger partial charge on any atom is 0.224 e. The van der Waals surface area contributed by atoms with E-state index in [0.29, 0.717) is 6.54 Å². The van der Waals surface area contributed by atoms with Crippen LogP contribution in [0.25, 0.3) is 11.3 Å². The molecule has 2 N–H and O–H groups in total. The summed E-state index contributed by atoms with van der Waals surface area (Å²) in [6.07, 6.45) is 2.96. The van der Waals surface area contributed by atoms with Crippen molar-refractivity contribution in [1.82, 2.24) is 15.6 Å². The molecule has 3 rings (SSSR count). The highest BCUT2D eigenvalue weighted by Crippen LogP contribution is 2.21. The summed E-state index contributed by atoms with van der Waals surface area (Å²) >= 11 is 1.67. The SMILES string of the molecule is Cc1nc(-c2ccc(CCNC(=O)C3CCCNC3)cc2)cs1. The van der Waals surface area contributed by atoms with Gasteiger partial charge >= 0.3 is 0 Å². The van der Waals surface area contributed by atoms with E-state index in [1.807, 2.05) is 6.92 Å². The van der Waals surface area contributed by atoms with Gasteiger partial charge in [0.1, 0.15) is 0 Å². The van der Waals surface area contributed by atoms with Crippen LogP contribution >= 0.6 is 11.3 Å². The summed E-state index contributed by atoms with van der Waals surface area (Å²) in [5.41, 5.74) is 3.43. The highest BCUT2D eigenvalue weighted by molar-refractivity contribution is 7.09. The molecule has 122 valence electrons. The Balaban J connectivity index is 1.48. The number of rotatable bonds is 5. The van der Waals surface area contributed by atoms with E-state index < -0.39 is 0 Å². The van der Waals surface area contributed by atoms with Crippen molar-refractivity contribution in [2.75, 3.05) is 19.6 Å². The van der Waals surface area contributed by atoms with Crippen LogP contribution in [0.1, 0.15) is 23.4 Å². The van der Waals surface area contributed by atoms with Crippen molar-refractivity contribution < 1.29 is 4.79 Å². The van der Waals surface area contributed by atoms with Gasteiger partial charge in [0.15, 0.2) is 0 Å². The number of amides is 1. The van der Waals surface area contributed by atoms with Crippen LogP contribution < -0.4 is 10.6 Å². The number of thiazole rings is 1. The normalized spacial score (nSPS) is 17.9. The van der Waals surface area contributed by atoms with E-state index in [-0.39, 0.29) is 11.8 Å². The Bertz CT molecular complexity index is 645. The Morgan fingerprint density at radius 1 is 1.39 bits per heavy atom. The van der Waals surface area contributed by atoms with Gasteiger partial charge in [0.2, 0.25) is 5.91 Å². The summed E-state index contributed by atoms with van der Waals surface area (Å²) in [5, 5.41) is 9.52. The number of benzene rings is 1. The molecule has 0 spiro atoms. The first kappa shape index (κ1) is 16.1. The molecular weight excluding hydrogens is 306 g/mol. The highest BCUT2D eigenvalue weighted by atomic mass is 32.1. The van der Waals surface area contributed by atoms with Crippen molar-refractivity contribution >= 4 is 17.2 Å². The minimum atomic E-state index is 0.138. The Morgan fingerprint density at radius 3 is 2.87 bits per heavy atom. The number of aromatic nitrogens is 1. The lowest BCUT2D eigenvalue weighted by atomic mass is 9.99. The summed E-state index contributed by atoms with van der Waals surface area (Å²) in [4.78, 5) is 16.6. The molecule has 2 heterocycles. The summed E-state index contributed by atoms with van der Waals surface area (Å²) < 4.78 is 0. The predicted octanol–water partition coefficient (Wildman–Crippen LogP) is 2.78. The van der Waals surface area contributed by atoms with Crippen molar-refractivity contribution in [3.63, 3.8) is 0 Å². The van der Waals surface area contributed by atoms with Gasteiger partial charge in [-0.25, -0.2) is 4.98 Å². The number of carbonyl (C=O) groups is 1. The van der Waals surface area contributed by atoms with Crippen molar-refractivity contribution in [1.29, 1.82) is 0 Å². The van der Waals surface area contributed by atoms with E-state index >= 15 is 0 Å². The first-order valence-electron chi connectivity index (χ1n) is 8.22. The minimum absolute atomic E-state index is 0.138. The molecule has 1 fully saturated rings. The number of hydrogen-bond acceptors (Lipinski definition) is 4. The maximum absolute atomic E-state index is 12.1. The van der Waals surface area contributed by atoms with E-state index in [1.165, 1.54) is 5.56 Å². The summed E-state index contributed by atoms with van der Waals surface area (Å²) in [6.45, 7) is 4.57. The fraction of sp³-hybridized carbons (Fsp3) is 0.444. The molecule has 0 radical (unpaired) electrons. The van der Waals surface area contributed by atoms with E-state index in [9.17, 15) is 4.79 Å². The number of carbonyl (C=O) groups excluding carboxylic acids is 1. The third-order valence-electron chi connectivity index (χ3n) is 4.25. The van der Waals surface area contributed by atoms with Crippen molar-refractivity contribution in [2.45, 2.75) is 26.2 Å². The van der Waals surface area contributed by atoms with E-state index in [4.69, 9.17) is 0 Å². The predicted molar refractivity (Wildman–Crippen MR) is 94.6 cm³/mol. The molecule has 1 aromatic heterocycles. The number of nitrogens with zero attached hydrogens (tertiary/aromatic N) is 1. The molecule has 1 unspecified atom stereocenters. The van der Waals surface area contributed by atoms with Gasteiger partial charge in [-0.1, -0.05) is 24.3 Å². The second-order valence-corrected chi connectivity index (χ2v) is 7.10. The monoisotopic (exact) mass is 329 g/mol. The average molecular weight is 329 g/mol. The number of nitrogens with one attached hydrogen (secondary N) is 2.